The van der Waals surface area contributed by atoms with Crippen molar-refractivity contribution in [1.82, 2.24) is 4.57 Å². The highest BCUT2D eigenvalue weighted by Crippen LogP contribution is 2.15. The molecule has 0 saturated heterocycles. The van der Waals surface area contributed by atoms with E-state index < -0.39 is 24.2 Å². The second-order valence-corrected chi connectivity index (χ2v) is 3.34. The Bertz CT molecular complexity index is 665. The molecule has 7 nitrogen and oxygen atoms in total. The lowest BCUT2D eigenvalue weighted by Crippen LogP contribution is -2.19. The predicted molar refractivity (Wildman–Crippen MR) is 55.1 cm³/mol. The number of hydrogen-bond acceptors (Lipinski definition) is 4. The van der Waals surface area contributed by atoms with E-state index in [-0.39, 0.29) is 16.7 Å². The van der Waals surface area contributed by atoms with Crippen molar-refractivity contribution in [3.05, 3.63) is 34.3 Å². The molecule has 17 heavy (non-hydrogen) atoms. The van der Waals surface area contributed by atoms with E-state index in [4.69, 9.17) is 14.6 Å². The van der Waals surface area contributed by atoms with E-state index in [1.807, 2.05) is 0 Å². The van der Waals surface area contributed by atoms with Gasteiger partial charge >= 0.3 is 17.7 Å². The van der Waals surface area contributed by atoms with Gasteiger partial charge in [-0.15, -0.1) is 0 Å². The highest BCUT2D eigenvalue weighted by Gasteiger charge is 2.14. The monoisotopic (exact) mass is 237 g/mol. The number of aliphatic carboxylic acids is 1. The molecular weight excluding hydrogens is 230 g/mol. The van der Waals surface area contributed by atoms with E-state index in [1.165, 1.54) is 18.2 Å². The van der Waals surface area contributed by atoms with Gasteiger partial charge < -0.3 is 14.6 Å². The summed E-state index contributed by atoms with van der Waals surface area (Å²) in [4.78, 5) is 32.7. The number of nitrogens with zero attached hydrogens (tertiary/aromatic N) is 1. The molecule has 1 heterocycles. The van der Waals surface area contributed by atoms with Gasteiger partial charge in [-0.3, -0.25) is 9.36 Å². The summed E-state index contributed by atoms with van der Waals surface area (Å²) in [6.45, 7) is -0.574. The topological polar surface area (TPSA) is 110 Å². The maximum atomic E-state index is 11.3. The summed E-state index contributed by atoms with van der Waals surface area (Å²) in [5.41, 5.74) is 0.260. The summed E-state index contributed by atoms with van der Waals surface area (Å²) in [5.74, 6) is -3.21. The average Bonchev–Trinajstić information content (AvgIpc) is 2.54. The Kier molecular flexibility index (Phi) is 2.43. The van der Waals surface area contributed by atoms with Crippen LogP contribution in [0.15, 0.2) is 27.4 Å². The molecule has 0 radical (unpaired) electrons. The smallest absolute Gasteiger partial charge is 0.420 e. The van der Waals surface area contributed by atoms with Crippen LogP contribution in [0.4, 0.5) is 0 Å². The summed E-state index contributed by atoms with van der Waals surface area (Å²) < 4.78 is 5.65. The van der Waals surface area contributed by atoms with Gasteiger partial charge in [-0.05, 0) is 18.2 Å². The number of rotatable bonds is 3. The van der Waals surface area contributed by atoms with Crippen molar-refractivity contribution >= 4 is 23.0 Å². The Morgan fingerprint density at radius 2 is 2.00 bits per heavy atom. The SMILES string of the molecule is O=C(O)Cn1c(=O)oc2ccc(C(=O)O)cc21. The van der Waals surface area contributed by atoms with Crippen LogP contribution in [0, 0.1) is 0 Å². The maximum absolute atomic E-state index is 11.3. The van der Waals surface area contributed by atoms with E-state index in [2.05, 4.69) is 0 Å². The van der Waals surface area contributed by atoms with Crippen LogP contribution in [0.5, 0.6) is 0 Å². The number of carboxylic acid groups (broad SMARTS) is 2. The highest BCUT2D eigenvalue weighted by molar-refractivity contribution is 5.92. The van der Waals surface area contributed by atoms with Crippen molar-refractivity contribution in [1.29, 1.82) is 0 Å². The lowest BCUT2D eigenvalue weighted by atomic mass is 10.2. The van der Waals surface area contributed by atoms with Crippen molar-refractivity contribution < 1.29 is 24.2 Å². The Labute approximate surface area is 93.5 Å². The van der Waals surface area contributed by atoms with Gasteiger partial charge in [0, 0.05) is 0 Å². The highest BCUT2D eigenvalue weighted by atomic mass is 16.4. The van der Waals surface area contributed by atoms with E-state index in [0.717, 1.165) is 4.57 Å². The Morgan fingerprint density at radius 3 is 2.59 bits per heavy atom. The number of fused-ring (bicyclic) bond motifs is 1. The molecule has 0 saturated carbocycles. The molecule has 0 aliphatic carbocycles. The molecule has 0 spiro atoms. The third-order valence-corrected chi connectivity index (χ3v) is 2.21. The van der Waals surface area contributed by atoms with Gasteiger partial charge in [-0.2, -0.15) is 0 Å². The second kappa shape index (κ2) is 3.78. The Hall–Kier alpha value is -2.57. The summed E-state index contributed by atoms with van der Waals surface area (Å²) in [6, 6.07) is 3.79. The number of oxazole rings is 1. The lowest BCUT2D eigenvalue weighted by molar-refractivity contribution is -0.137. The number of aromatic nitrogens is 1. The molecule has 0 atom stereocenters. The van der Waals surface area contributed by atoms with Crippen molar-refractivity contribution in [2.75, 3.05) is 0 Å². The molecule has 88 valence electrons. The summed E-state index contributed by atoms with van der Waals surface area (Å²) in [7, 11) is 0. The first kappa shape index (κ1) is 10.9. The minimum atomic E-state index is -1.21. The normalized spacial score (nSPS) is 10.6. The minimum Gasteiger partial charge on any atom is -0.480 e. The van der Waals surface area contributed by atoms with Crippen molar-refractivity contribution in [3.63, 3.8) is 0 Å². The maximum Gasteiger partial charge on any atom is 0.420 e. The van der Waals surface area contributed by atoms with Gasteiger partial charge in [0.1, 0.15) is 6.54 Å². The summed E-state index contributed by atoms with van der Waals surface area (Å²) >= 11 is 0. The quantitative estimate of drug-likeness (QED) is 0.798. The summed E-state index contributed by atoms with van der Waals surface area (Å²) in [6.07, 6.45) is 0. The molecule has 2 aromatic rings. The average molecular weight is 237 g/mol. The zero-order chi connectivity index (χ0) is 12.6. The van der Waals surface area contributed by atoms with E-state index in [0.29, 0.717) is 0 Å². The number of carboxylic acids is 2. The molecular formula is C10H7NO6. The first-order valence-corrected chi connectivity index (χ1v) is 4.57. The molecule has 0 fully saturated rings. The molecule has 0 bridgehead atoms. The zero-order valence-electron chi connectivity index (χ0n) is 8.41. The van der Waals surface area contributed by atoms with Crippen LogP contribution in [0.3, 0.4) is 0 Å². The van der Waals surface area contributed by atoms with Crippen LogP contribution < -0.4 is 5.76 Å². The van der Waals surface area contributed by atoms with Crippen molar-refractivity contribution in [2.45, 2.75) is 6.54 Å². The number of hydrogen-bond donors (Lipinski definition) is 2. The van der Waals surface area contributed by atoms with Crippen LogP contribution in [-0.2, 0) is 11.3 Å². The number of aromatic carboxylic acids is 1. The van der Waals surface area contributed by atoms with Crippen molar-refractivity contribution in [3.8, 4) is 0 Å². The molecule has 0 unspecified atom stereocenters. The van der Waals surface area contributed by atoms with Crippen LogP contribution in [-0.4, -0.2) is 26.7 Å². The first-order chi connectivity index (χ1) is 7.99. The van der Waals surface area contributed by atoms with Gasteiger partial charge in [0.2, 0.25) is 0 Å². The Morgan fingerprint density at radius 1 is 1.29 bits per heavy atom. The van der Waals surface area contributed by atoms with Crippen LogP contribution in [0.1, 0.15) is 10.4 Å². The largest absolute Gasteiger partial charge is 0.480 e. The van der Waals surface area contributed by atoms with Gasteiger partial charge in [-0.1, -0.05) is 0 Å². The molecule has 7 heteroatoms. The van der Waals surface area contributed by atoms with E-state index >= 15 is 0 Å². The Balaban J connectivity index is 2.69. The van der Waals surface area contributed by atoms with Gasteiger partial charge in [0.05, 0.1) is 11.1 Å². The second-order valence-electron chi connectivity index (χ2n) is 3.34. The van der Waals surface area contributed by atoms with Crippen LogP contribution in [0.25, 0.3) is 11.1 Å². The predicted octanol–water partition coefficient (Wildman–Crippen LogP) is 0.377. The molecule has 0 aliphatic rings. The van der Waals surface area contributed by atoms with E-state index in [1.54, 1.807) is 0 Å². The molecule has 1 aromatic heterocycles. The molecule has 0 amide bonds. The fraction of sp³-hybridized carbons (Fsp3) is 0.100. The molecule has 2 rings (SSSR count). The summed E-state index contributed by atoms with van der Waals surface area (Å²) in [5, 5.41) is 17.4. The van der Waals surface area contributed by atoms with Crippen LogP contribution in [0.2, 0.25) is 0 Å². The fourth-order valence-corrected chi connectivity index (χ4v) is 1.48. The first-order valence-electron chi connectivity index (χ1n) is 4.57. The third-order valence-electron chi connectivity index (χ3n) is 2.21. The zero-order valence-corrected chi connectivity index (χ0v) is 8.41. The van der Waals surface area contributed by atoms with Crippen molar-refractivity contribution in [2.24, 2.45) is 0 Å². The van der Waals surface area contributed by atoms with Gasteiger partial charge in [0.15, 0.2) is 5.58 Å². The van der Waals surface area contributed by atoms with Gasteiger partial charge in [-0.25, -0.2) is 9.59 Å². The third kappa shape index (κ3) is 1.89. The van der Waals surface area contributed by atoms with E-state index in [9.17, 15) is 14.4 Å². The number of benzene rings is 1. The number of carbonyl (C=O) groups is 2. The van der Waals surface area contributed by atoms with Crippen LogP contribution >= 0.6 is 0 Å². The molecule has 0 aliphatic heterocycles. The molecule has 2 N–H and O–H groups in total. The van der Waals surface area contributed by atoms with Gasteiger partial charge in [0.25, 0.3) is 0 Å². The molecule has 1 aromatic carbocycles. The lowest BCUT2D eigenvalue weighted by Gasteiger charge is -1.98. The fourth-order valence-electron chi connectivity index (χ4n) is 1.48. The standard InChI is InChI=1S/C10H7NO6/c12-8(13)4-11-6-3-5(9(14)15)1-2-7(6)17-10(11)16/h1-3H,4H2,(H,12,13)(H,14,15). The minimum absolute atomic E-state index is 0.0440.